The van der Waals surface area contributed by atoms with Gasteiger partial charge in [-0.25, -0.2) is 0 Å². The number of hydrogen-bond donors (Lipinski definition) is 1. The standard InChI is InChI=1S/C22H26N2O4/c1-27-19-9-8-16(14-20(19)28-2)10-11-23-21(25)17-6-5-7-18(15-17)22(26)24-12-3-4-13-24/h5-9,14-15H,3-4,10-13H2,1-2H3,(H,23,25). The van der Waals surface area contributed by atoms with Crippen LogP contribution in [0.3, 0.4) is 0 Å². The summed E-state index contributed by atoms with van der Waals surface area (Å²) in [5.41, 5.74) is 2.10. The summed E-state index contributed by atoms with van der Waals surface area (Å²) in [5, 5.41) is 2.91. The van der Waals surface area contributed by atoms with E-state index in [0.717, 1.165) is 31.5 Å². The number of rotatable bonds is 7. The maximum atomic E-state index is 12.5. The topological polar surface area (TPSA) is 67.9 Å². The molecular weight excluding hydrogens is 356 g/mol. The predicted octanol–water partition coefficient (Wildman–Crippen LogP) is 2.91. The van der Waals surface area contributed by atoms with Crippen molar-refractivity contribution >= 4 is 11.8 Å². The molecule has 148 valence electrons. The number of nitrogens with zero attached hydrogens (tertiary/aromatic N) is 1. The van der Waals surface area contributed by atoms with Crippen molar-refractivity contribution in [2.45, 2.75) is 19.3 Å². The van der Waals surface area contributed by atoms with Gasteiger partial charge in [-0.05, 0) is 55.2 Å². The van der Waals surface area contributed by atoms with Crippen molar-refractivity contribution in [2.75, 3.05) is 33.9 Å². The van der Waals surface area contributed by atoms with Gasteiger partial charge in [0.05, 0.1) is 14.2 Å². The van der Waals surface area contributed by atoms with Crippen molar-refractivity contribution in [1.82, 2.24) is 10.2 Å². The smallest absolute Gasteiger partial charge is 0.253 e. The summed E-state index contributed by atoms with van der Waals surface area (Å²) in [6, 6.07) is 12.6. The van der Waals surface area contributed by atoms with Gasteiger partial charge in [0.2, 0.25) is 0 Å². The molecule has 6 nitrogen and oxygen atoms in total. The zero-order chi connectivity index (χ0) is 19.9. The molecule has 0 radical (unpaired) electrons. The van der Waals surface area contributed by atoms with E-state index < -0.39 is 0 Å². The summed E-state index contributed by atoms with van der Waals surface area (Å²) < 4.78 is 10.5. The second-order valence-corrected chi connectivity index (χ2v) is 6.78. The van der Waals surface area contributed by atoms with E-state index in [1.54, 1.807) is 38.5 Å². The average Bonchev–Trinajstić information content (AvgIpc) is 3.28. The van der Waals surface area contributed by atoms with E-state index in [0.29, 0.717) is 35.6 Å². The van der Waals surface area contributed by atoms with Crippen LogP contribution in [-0.4, -0.2) is 50.6 Å². The highest BCUT2D eigenvalue weighted by Crippen LogP contribution is 2.27. The van der Waals surface area contributed by atoms with Crippen LogP contribution in [0.25, 0.3) is 0 Å². The molecule has 2 amide bonds. The Labute approximate surface area is 165 Å². The SMILES string of the molecule is COc1ccc(CCNC(=O)c2cccc(C(=O)N3CCCC3)c2)cc1OC. The number of hydrogen-bond acceptors (Lipinski definition) is 4. The quantitative estimate of drug-likeness (QED) is 0.800. The van der Waals surface area contributed by atoms with Crippen LogP contribution in [0.1, 0.15) is 39.1 Å². The maximum absolute atomic E-state index is 12.5. The lowest BCUT2D eigenvalue weighted by Gasteiger charge is -2.15. The third kappa shape index (κ3) is 4.63. The Bertz CT molecular complexity index is 844. The first kappa shape index (κ1) is 19.7. The Balaban J connectivity index is 1.58. The molecule has 0 aliphatic carbocycles. The van der Waals surface area contributed by atoms with Crippen LogP contribution in [0.5, 0.6) is 11.5 Å². The molecule has 3 rings (SSSR count). The molecule has 2 aromatic carbocycles. The monoisotopic (exact) mass is 382 g/mol. The number of carbonyl (C=O) groups is 2. The number of amides is 2. The highest BCUT2D eigenvalue weighted by atomic mass is 16.5. The molecule has 2 aromatic rings. The molecule has 1 saturated heterocycles. The fourth-order valence-corrected chi connectivity index (χ4v) is 3.35. The second kappa shape index (κ2) is 9.26. The minimum atomic E-state index is -0.184. The normalized spacial score (nSPS) is 13.3. The third-order valence-corrected chi connectivity index (χ3v) is 4.91. The van der Waals surface area contributed by atoms with Crippen molar-refractivity contribution in [3.63, 3.8) is 0 Å². The lowest BCUT2D eigenvalue weighted by atomic mass is 10.1. The van der Waals surface area contributed by atoms with E-state index in [9.17, 15) is 9.59 Å². The van der Waals surface area contributed by atoms with E-state index in [2.05, 4.69) is 5.32 Å². The number of carbonyl (C=O) groups excluding carboxylic acids is 2. The van der Waals surface area contributed by atoms with Crippen LogP contribution in [-0.2, 0) is 6.42 Å². The lowest BCUT2D eigenvalue weighted by molar-refractivity contribution is 0.0793. The second-order valence-electron chi connectivity index (χ2n) is 6.78. The van der Waals surface area contributed by atoms with Gasteiger partial charge in [-0.3, -0.25) is 9.59 Å². The molecule has 1 aliphatic heterocycles. The molecule has 0 spiro atoms. The zero-order valence-electron chi connectivity index (χ0n) is 16.4. The van der Waals surface area contributed by atoms with Gasteiger partial charge >= 0.3 is 0 Å². The minimum Gasteiger partial charge on any atom is -0.493 e. The van der Waals surface area contributed by atoms with Crippen molar-refractivity contribution in [3.05, 3.63) is 59.2 Å². The molecule has 0 unspecified atom stereocenters. The number of methoxy groups -OCH3 is 2. The van der Waals surface area contributed by atoms with Gasteiger partial charge in [0.1, 0.15) is 0 Å². The zero-order valence-corrected chi connectivity index (χ0v) is 16.4. The highest BCUT2D eigenvalue weighted by Gasteiger charge is 2.20. The first-order valence-electron chi connectivity index (χ1n) is 9.51. The Kier molecular flexibility index (Phi) is 6.53. The molecule has 1 N–H and O–H groups in total. The van der Waals surface area contributed by atoms with Gasteiger partial charge in [-0.2, -0.15) is 0 Å². The summed E-state index contributed by atoms with van der Waals surface area (Å²) in [7, 11) is 3.19. The molecule has 1 heterocycles. The van der Waals surface area contributed by atoms with E-state index in [1.807, 2.05) is 23.1 Å². The third-order valence-electron chi connectivity index (χ3n) is 4.91. The first-order valence-corrected chi connectivity index (χ1v) is 9.51. The molecular formula is C22H26N2O4. The van der Waals surface area contributed by atoms with Crippen molar-refractivity contribution in [1.29, 1.82) is 0 Å². The summed E-state index contributed by atoms with van der Waals surface area (Å²) in [6.07, 6.45) is 2.75. The van der Waals surface area contributed by atoms with Crippen LogP contribution < -0.4 is 14.8 Å². The van der Waals surface area contributed by atoms with Crippen LogP contribution in [0.2, 0.25) is 0 Å². The lowest BCUT2D eigenvalue weighted by Crippen LogP contribution is -2.29. The molecule has 0 saturated carbocycles. The molecule has 28 heavy (non-hydrogen) atoms. The van der Waals surface area contributed by atoms with E-state index in [1.165, 1.54) is 0 Å². The largest absolute Gasteiger partial charge is 0.493 e. The van der Waals surface area contributed by atoms with Crippen molar-refractivity contribution in [3.8, 4) is 11.5 Å². The van der Waals surface area contributed by atoms with Crippen molar-refractivity contribution < 1.29 is 19.1 Å². The number of nitrogens with one attached hydrogen (secondary N) is 1. The van der Waals surface area contributed by atoms with Crippen LogP contribution in [0.15, 0.2) is 42.5 Å². The molecule has 1 aliphatic rings. The first-order chi connectivity index (χ1) is 13.6. The van der Waals surface area contributed by atoms with Gasteiger partial charge < -0.3 is 19.7 Å². The van der Waals surface area contributed by atoms with Crippen LogP contribution >= 0.6 is 0 Å². The predicted molar refractivity (Wildman–Crippen MR) is 107 cm³/mol. The molecule has 1 fully saturated rings. The summed E-state index contributed by atoms with van der Waals surface area (Å²) in [4.78, 5) is 26.8. The molecule has 0 bridgehead atoms. The Morgan fingerprint density at radius 2 is 1.68 bits per heavy atom. The van der Waals surface area contributed by atoms with Gasteiger partial charge in [0.25, 0.3) is 11.8 Å². The van der Waals surface area contributed by atoms with Gasteiger partial charge in [-0.15, -0.1) is 0 Å². The molecule has 0 atom stereocenters. The summed E-state index contributed by atoms with van der Waals surface area (Å²) in [6.45, 7) is 2.07. The molecule has 6 heteroatoms. The number of ether oxygens (including phenoxy) is 2. The average molecular weight is 382 g/mol. The Hall–Kier alpha value is -3.02. The van der Waals surface area contributed by atoms with Gasteiger partial charge in [0, 0.05) is 30.8 Å². The van der Waals surface area contributed by atoms with E-state index >= 15 is 0 Å². The fraction of sp³-hybridized carbons (Fsp3) is 0.364. The van der Waals surface area contributed by atoms with Gasteiger partial charge in [0.15, 0.2) is 11.5 Å². The van der Waals surface area contributed by atoms with E-state index in [-0.39, 0.29) is 11.8 Å². The fourth-order valence-electron chi connectivity index (χ4n) is 3.35. The number of benzene rings is 2. The minimum absolute atomic E-state index is 0.00234. The Morgan fingerprint density at radius 1 is 0.964 bits per heavy atom. The van der Waals surface area contributed by atoms with Gasteiger partial charge in [-0.1, -0.05) is 12.1 Å². The highest BCUT2D eigenvalue weighted by molar-refractivity contribution is 5.99. The Morgan fingerprint density at radius 3 is 2.39 bits per heavy atom. The van der Waals surface area contributed by atoms with Crippen molar-refractivity contribution in [2.24, 2.45) is 0 Å². The summed E-state index contributed by atoms with van der Waals surface area (Å²) >= 11 is 0. The number of likely N-dealkylation sites (tertiary alicyclic amines) is 1. The van der Waals surface area contributed by atoms with E-state index in [4.69, 9.17) is 9.47 Å². The van der Waals surface area contributed by atoms with Crippen LogP contribution in [0.4, 0.5) is 0 Å². The summed E-state index contributed by atoms with van der Waals surface area (Å²) in [5.74, 6) is 1.16. The molecule has 0 aromatic heterocycles. The maximum Gasteiger partial charge on any atom is 0.253 e. The van der Waals surface area contributed by atoms with Crippen LogP contribution in [0, 0.1) is 0 Å².